The minimum atomic E-state index is -0.842. The Kier molecular flexibility index (Phi) is 13.9. The average molecular weight is 918 g/mol. The number of ketones is 1. The summed E-state index contributed by atoms with van der Waals surface area (Å²) in [6.45, 7) is 8.68. The van der Waals surface area contributed by atoms with Crippen LogP contribution in [0.2, 0.25) is 0 Å². The number of hydrogen-bond donors (Lipinski definition) is 0. The molecule has 4 aromatic rings. The van der Waals surface area contributed by atoms with Crippen LogP contribution in [0.5, 0.6) is 46.0 Å². The highest BCUT2D eigenvalue weighted by Gasteiger charge is 2.45. The van der Waals surface area contributed by atoms with E-state index < -0.39 is 59.4 Å². The molecule has 0 spiro atoms. The fraction of sp³-hybridized carbons (Fsp3) is 0.208. The van der Waals surface area contributed by atoms with Crippen LogP contribution >= 0.6 is 0 Å². The predicted octanol–water partition coefficient (Wildman–Crippen LogP) is 5.69. The smallest absolute Gasteiger partial charge is 0.308 e. The van der Waals surface area contributed by atoms with E-state index in [1.54, 1.807) is 6.07 Å². The highest BCUT2D eigenvalue weighted by Crippen LogP contribution is 2.53. The second-order valence-corrected chi connectivity index (χ2v) is 14.7. The normalized spacial score (nSPS) is 12.7. The van der Waals surface area contributed by atoms with E-state index in [1.165, 1.54) is 59.5 Å². The van der Waals surface area contributed by atoms with Crippen LogP contribution in [0, 0.1) is 0 Å². The quantitative estimate of drug-likeness (QED) is 0.115. The molecule has 1 aliphatic carbocycles. The molecule has 0 N–H and O–H groups in total. The predicted molar refractivity (Wildman–Crippen MR) is 230 cm³/mol. The summed E-state index contributed by atoms with van der Waals surface area (Å²) in [6.07, 6.45) is -0.0169. The number of nitrogens with zero attached hydrogens (tertiary/aromatic N) is 1. The van der Waals surface area contributed by atoms with Gasteiger partial charge in [-0.15, -0.1) is 0 Å². The topological polar surface area (TPSA) is 248 Å². The van der Waals surface area contributed by atoms with E-state index in [2.05, 4.69) is 0 Å². The fourth-order valence-electron chi connectivity index (χ4n) is 7.23. The standard InChI is InChI=1S/C48H39NO18/c1-22(50)60-35-12-9-30(17-38(35)63-25(4)53)15-16-49-46-44(32-11-14-37(62-24(3)52)40(19-32)65-27(6)55)47(58)34-21-42(67-29(8)57)41(66-28(7)56)20-33(34)45(46)43(48(49)59)31-10-13-36(61-23(2)51)39(18-31)64-26(5)54/h9-14,17-21H,15-16H2,1-8H3. The van der Waals surface area contributed by atoms with E-state index in [0.717, 1.165) is 61.5 Å². The highest BCUT2D eigenvalue weighted by atomic mass is 16.6. The van der Waals surface area contributed by atoms with Crippen molar-refractivity contribution in [2.45, 2.75) is 61.8 Å². The molecule has 2 aliphatic rings. The number of carbonyl (C=O) groups excluding carboxylic acids is 10. The third-order valence-corrected chi connectivity index (χ3v) is 9.40. The lowest BCUT2D eigenvalue weighted by molar-refractivity contribution is -0.134. The van der Waals surface area contributed by atoms with Crippen molar-refractivity contribution in [2.75, 3.05) is 6.54 Å². The molecule has 0 bridgehead atoms. The largest absolute Gasteiger partial charge is 0.423 e. The summed E-state index contributed by atoms with van der Waals surface area (Å²) >= 11 is 0. The summed E-state index contributed by atoms with van der Waals surface area (Å²) in [5, 5.41) is 0. The van der Waals surface area contributed by atoms with Gasteiger partial charge in [-0.2, -0.15) is 0 Å². The zero-order valence-corrected chi connectivity index (χ0v) is 37.1. The molecule has 1 aliphatic heterocycles. The Labute approximate surface area is 380 Å². The van der Waals surface area contributed by atoms with Crippen molar-refractivity contribution in [3.63, 3.8) is 0 Å². The molecule has 0 atom stereocenters. The lowest BCUT2D eigenvalue weighted by Gasteiger charge is -2.28. The number of allylic oxidation sites excluding steroid dienone is 2. The van der Waals surface area contributed by atoms with Gasteiger partial charge in [-0.25, -0.2) is 0 Å². The molecule has 344 valence electrons. The van der Waals surface area contributed by atoms with Gasteiger partial charge in [-0.1, -0.05) is 18.2 Å². The second kappa shape index (κ2) is 19.6. The van der Waals surface area contributed by atoms with Crippen LogP contribution in [0.25, 0.3) is 16.7 Å². The number of ether oxygens (including phenoxy) is 8. The Morgan fingerprint density at radius 2 is 0.731 bits per heavy atom. The lowest BCUT2D eigenvalue weighted by Crippen LogP contribution is -2.31. The van der Waals surface area contributed by atoms with Crippen molar-refractivity contribution in [2.24, 2.45) is 0 Å². The van der Waals surface area contributed by atoms with E-state index in [0.29, 0.717) is 5.56 Å². The summed E-state index contributed by atoms with van der Waals surface area (Å²) in [7, 11) is 0. The van der Waals surface area contributed by atoms with E-state index in [1.807, 2.05) is 0 Å². The molecular weight excluding hydrogens is 879 g/mol. The van der Waals surface area contributed by atoms with Gasteiger partial charge < -0.3 is 42.8 Å². The summed E-state index contributed by atoms with van der Waals surface area (Å²) < 4.78 is 42.8. The van der Waals surface area contributed by atoms with E-state index in [4.69, 9.17) is 37.9 Å². The fourth-order valence-corrected chi connectivity index (χ4v) is 7.23. The van der Waals surface area contributed by atoms with Crippen LogP contribution in [0.4, 0.5) is 0 Å². The zero-order chi connectivity index (χ0) is 49.0. The number of benzene rings is 4. The third kappa shape index (κ3) is 10.8. The molecule has 0 saturated carbocycles. The maximum absolute atomic E-state index is 15.4. The number of amides is 1. The van der Waals surface area contributed by atoms with E-state index >= 15 is 9.59 Å². The van der Waals surface area contributed by atoms with Crippen LogP contribution in [0.3, 0.4) is 0 Å². The molecule has 4 aromatic carbocycles. The molecule has 19 heteroatoms. The summed E-state index contributed by atoms with van der Waals surface area (Å²) in [4.78, 5) is 129. The Hall–Kier alpha value is -8.74. The number of esters is 8. The van der Waals surface area contributed by atoms with Crippen molar-refractivity contribution < 1.29 is 85.8 Å². The molecule has 1 amide bonds. The number of fused-ring (bicyclic) bond motifs is 3. The third-order valence-electron chi connectivity index (χ3n) is 9.40. The molecule has 0 fully saturated rings. The molecule has 0 radical (unpaired) electrons. The molecule has 6 rings (SSSR count). The zero-order valence-electron chi connectivity index (χ0n) is 37.1. The van der Waals surface area contributed by atoms with Crippen molar-refractivity contribution in [1.82, 2.24) is 4.90 Å². The van der Waals surface area contributed by atoms with Crippen molar-refractivity contribution in [1.29, 1.82) is 0 Å². The summed E-state index contributed by atoms with van der Waals surface area (Å²) in [5.41, 5.74) is 0.0548. The maximum Gasteiger partial charge on any atom is 0.308 e. The van der Waals surface area contributed by atoms with E-state index in [-0.39, 0.29) is 104 Å². The Morgan fingerprint density at radius 3 is 1.15 bits per heavy atom. The number of hydrogen-bond acceptors (Lipinski definition) is 18. The summed E-state index contributed by atoms with van der Waals surface area (Å²) in [5.74, 6) is -9.49. The lowest BCUT2D eigenvalue weighted by atomic mass is 9.80. The molecule has 19 nitrogen and oxygen atoms in total. The molecule has 0 saturated heterocycles. The van der Waals surface area contributed by atoms with Gasteiger partial charge in [-0.05, 0) is 77.2 Å². The first kappa shape index (κ1) is 47.7. The summed E-state index contributed by atoms with van der Waals surface area (Å²) in [6, 6.07) is 14.6. The first-order chi connectivity index (χ1) is 31.6. The van der Waals surface area contributed by atoms with Crippen molar-refractivity contribution in [3.8, 4) is 46.0 Å². The highest BCUT2D eigenvalue weighted by molar-refractivity contribution is 6.43. The minimum absolute atomic E-state index is 0.000489. The van der Waals surface area contributed by atoms with Crippen molar-refractivity contribution >= 4 is 76.2 Å². The maximum atomic E-state index is 15.4. The number of carbonyl (C=O) groups is 10. The average Bonchev–Trinajstić information content (AvgIpc) is 3.49. The first-order valence-electron chi connectivity index (χ1n) is 20.0. The van der Waals surface area contributed by atoms with Crippen molar-refractivity contribution in [3.05, 3.63) is 100 Å². The Balaban J connectivity index is 1.71. The van der Waals surface area contributed by atoms with Gasteiger partial charge >= 0.3 is 47.8 Å². The second-order valence-electron chi connectivity index (χ2n) is 14.7. The molecule has 67 heavy (non-hydrogen) atoms. The van der Waals surface area contributed by atoms with E-state index in [9.17, 15) is 38.4 Å². The van der Waals surface area contributed by atoms with Crippen LogP contribution in [-0.4, -0.2) is 70.9 Å². The van der Waals surface area contributed by atoms with Crippen LogP contribution in [0.1, 0.15) is 88.0 Å². The van der Waals surface area contributed by atoms with Gasteiger partial charge in [0.15, 0.2) is 51.8 Å². The monoisotopic (exact) mass is 917 g/mol. The molecule has 0 unspecified atom stereocenters. The van der Waals surface area contributed by atoms with Gasteiger partial charge in [0.2, 0.25) is 0 Å². The molecule has 0 aromatic heterocycles. The first-order valence-corrected chi connectivity index (χ1v) is 20.0. The van der Waals surface area contributed by atoms with Crippen LogP contribution in [0.15, 0.2) is 72.4 Å². The Morgan fingerprint density at radius 1 is 0.388 bits per heavy atom. The SMILES string of the molecule is CC(=O)Oc1ccc(CCN2C(=O)C(c3ccc(OC(C)=O)c(OC(C)=O)c3)=C3C2=C(c2ccc(OC(C)=O)c(OC(C)=O)c2)C(=O)c2cc(OC(C)=O)c(OC(C)=O)cc23)cc1OC(C)=O. The van der Waals surface area contributed by atoms with Crippen LogP contribution < -0.4 is 37.9 Å². The number of rotatable bonds is 13. The van der Waals surface area contributed by atoms with Crippen LogP contribution in [-0.2, 0) is 49.6 Å². The number of Topliss-reactive ketones (excluding diaryl/α,β-unsaturated/α-hetero) is 1. The minimum Gasteiger partial charge on any atom is -0.423 e. The van der Waals surface area contributed by atoms with Gasteiger partial charge in [0, 0.05) is 73.1 Å². The van der Waals surface area contributed by atoms with Gasteiger partial charge in [0.1, 0.15) is 0 Å². The van der Waals surface area contributed by atoms with Gasteiger partial charge in [0.25, 0.3) is 5.91 Å². The van der Waals surface area contributed by atoms with Gasteiger partial charge in [0.05, 0.1) is 16.8 Å². The van der Waals surface area contributed by atoms with Gasteiger partial charge in [-0.3, -0.25) is 47.9 Å². The molecule has 1 heterocycles. The Bertz CT molecular complexity index is 2940. The molecular formula is C48H39NO18.